The molecule has 0 bridgehead atoms. The zero-order chi connectivity index (χ0) is 12.4. The van der Waals surface area contributed by atoms with E-state index in [0.29, 0.717) is 6.54 Å². The minimum absolute atomic E-state index is 0.198. The number of nitrogens with one attached hydrogen (secondary N) is 2. The lowest BCUT2D eigenvalue weighted by atomic mass is 10.2. The first-order valence-electron chi connectivity index (χ1n) is 5.86. The molecule has 0 fully saturated rings. The topological polar surface area (TPSA) is 70.9 Å². The van der Waals surface area contributed by atoms with Crippen LogP contribution in [-0.4, -0.2) is 24.8 Å². The molecule has 0 aliphatic carbocycles. The van der Waals surface area contributed by atoms with Crippen LogP contribution in [-0.2, 0) is 6.54 Å². The molecule has 3 rings (SSSR count). The van der Waals surface area contributed by atoms with Crippen LogP contribution in [0.1, 0.15) is 24.5 Å². The second kappa shape index (κ2) is 4.58. The Kier molecular flexibility index (Phi) is 2.77. The molecule has 3 aromatic heterocycles. The second-order valence-corrected chi connectivity index (χ2v) is 4.16. The Bertz CT molecular complexity index is 627. The van der Waals surface area contributed by atoms with Crippen molar-refractivity contribution in [3.05, 3.63) is 48.2 Å². The standard InChI is InChI=1S/C12H14N6/c1-9(10-5-6-14-15-10)13-8-12-17-16-11-4-2-3-7-18(11)12/h2-7,9,13H,8H2,1H3,(H,14,15). The number of H-pyrrole nitrogens is 1. The molecule has 3 aromatic rings. The quantitative estimate of drug-likeness (QED) is 0.723. The van der Waals surface area contributed by atoms with E-state index >= 15 is 0 Å². The summed E-state index contributed by atoms with van der Waals surface area (Å²) in [7, 11) is 0. The van der Waals surface area contributed by atoms with E-state index in [1.807, 2.05) is 34.9 Å². The molecule has 0 saturated heterocycles. The Labute approximate surface area is 104 Å². The van der Waals surface area contributed by atoms with Gasteiger partial charge < -0.3 is 5.32 Å². The van der Waals surface area contributed by atoms with Crippen molar-refractivity contribution in [3.8, 4) is 0 Å². The molecule has 0 amide bonds. The minimum Gasteiger partial charge on any atom is -0.302 e. The molecule has 6 nitrogen and oxygen atoms in total. The number of rotatable bonds is 4. The van der Waals surface area contributed by atoms with E-state index in [-0.39, 0.29) is 6.04 Å². The summed E-state index contributed by atoms with van der Waals surface area (Å²) >= 11 is 0. The maximum Gasteiger partial charge on any atom is 0.160 e. The van der Waals surface area contributed by atoms with Crippen molar-refractivity contribution in [2.75, 3.05) is 0 Å². The van der Waals surface area contributed by atoms with Crippen LogP contribution in [0.5, 0.6) is 0 Å². The normalized spacial score (nSPS) is 12.9. The zero-order valence-electron chi connectivity index (χ0n) is 10.0. The van der Waals surface area contributed by atoms with Crippen molar-refractivity contribution < 1.29 is 0 Å². The molecule has 0 saturated carbocycles. The van der Waals surface area contributed by atoms with Crippen LogP contribution in [0.25, 0.3) is 5.65 Å². The maximum absolute atomic E-state index is 4.17. The van der Waals surface area contributed by atoms with Crippen LogP contribution in [0.2, 0.25) is 0 Å². The molecular weight excluding hydrogens is 228 g/mol. The van der Waals surface area contributed by atoms with Gasteiger partial charge in [0.2, 0.25) is 0 Å². The fourth-order valence-electron chi connectivity index (χ4n) is 1.87. The van der Waals surface area contributed by atoms with E-state index in [0.717, 1.165) is 17.2 Å². The summed E-state index contributed by atoms with van der Waals surface area (Å²) in [4.78, 5) is 0. The smallest absolute Gasteiger partial charge is 0.160 e. The summed E-state index contributed by atoms with van der Waals surface area (Å²) in [6.45, 7) is 2.74. The average Bonchev–Trinajstić information content (AvgIpc) is 3.06. The van der Waals surface area contributed by atoms with Crippen LogP contribution < -0.4 is 5.32 Å². The zero-order valence-corrected chi connectivity index (χ0v) is 10.0. The first-order chi connectivity index (χ1) is 8.84. The fraction of sp³-hybridized carbons (Fsp3) is 0.250. The van der Waals surface area contributed by atoms with E-state index in [1.165, 1.54) is 0 Å². The van der Waals surface area contributed by atoms with Gasteiger partial charge in [-0.1, -0.05) is 6.07 Å². The number of pyridine rings is 1. The highest BCUT2D eigenvalue weighted by Crippen LogP contribution is 2.09. The first-order valence-corrected chi connectivity index (χ1v) is 5.86. The van der Waals surface area contributed by atoms with E-state index in [1.54, 1.807) is 6.20 Å². The number of fused-ring (bicyclic) bond motifs is 1. The van der Waals surface area contributed by atoms with Crippen LogP contribution in [0, 0.1) is 0 Å². The third-order valence-corrected chi connectivity index (χ3v) is 2.94. The van der Waals surface area contributed by atoms with Gasteiger partial charge in [-0.2, -0.15) is 5.10 Å². The Hall–Kier alpha value is -2.21. The summed E-state index contributed by atoms with van der Waals surface area (Å²) in [6.07, 6.45) is 3.72. The largest absolute Gasteiger partial charge is 0.302 e. The van der Waals surface area contributed by atoms with Crippen molar-refractivity contribution in [2.24, 2.45) is 0 Å². The molecule has 0 aliphatic heterocycles. The highest BCUT2D eigenvalue weighted by Gasteiger charge is 2.09. The first kappa shape index (κ1) is 10.9. The molecule has 0 aromatic carbocycles. The average molecular weight is 242 g/mol. The van der Waals surface area contributed by atoms with Gasteiger partial charge in [-0.15, -0.1) is 10.2 Å². The lowest BCUT2D eigenvalue weighted by molar-refractivity contribution is 0.544. The van der Waals surface area contributed by atoms with Crippen molar-refractivity contribution in [2.45, 2.75) is 19.5 Å². The molecule has 18 heavy (non-hydrogen) atoms. The predicted molar refractivity (Wildman–Crippen MR) is 66.8 cm³/mol. The lowest BCUT2D eigenvalue weighted by Gasteiger charge is -2.10. The molecule has 0 spiro atoms. The molecule has 6 heteroatoms. The van der Waals surface area contributed by atoms with Crippen molar-refractivity contribution >= 4 is 5.65 Å². The van der Waals surface area contributed by atoms with Gasteiger partial charge in [0.15, 0.2) is 11.5 Å². The van der Waals surface area contributed by atoms with Crippen LogP contribution in [0.4, 0.5) is 0 Å². The summed E-state index contributed by atoms with van der Waals surface area (Å²) < 4.78 is 1.98. The number of hydrogen-bond donors (Lipinski definition) is 2. The van der Waals surface area contributed by atoms with Crippen LogP contribution in [0.3, 0.4) is 0 Å². The highest BCUT2D eigenvalue weighted by molar-refractivity contribution is 5.36. The van der Waals surface area contributed by atoms with Gasteiger partial charge in [0.1, 0.15) is 0 Å². The molecular formula is C12H14N6. The molecule has 0 aliphatic rings. The highest BCUT2D eigenvalue weighted by atomic mass is 15.3. The molecule has 1 unspecified atom stereocenters. The third-order valence-electron chi connectivity index (χ3n) is 2.94. The minimum atomic E-state index is 0.198. The number of aromatic nitrogens is 5. The summed E-state index contributed by atoms with van der Waals surface area (Å²) in [5.74, 6) is 0.900. The van der Waals surface area contributed by atoms with Gasteiger partial charge in [-0.3, -0.25) is 9.50 Å². The van der Waals surface area contributed by atoms with E-state index < -0.39 is 0 Å². The van der Waals surface area contributed by atoms with Gasteiger partial charge in [0.25, 0.3) is 0 Å². The fourth-order valence-corrected chi connectivity index (χ4v) is 1.87. The van der Waals surface area contributed by atoms with Gasteiger partial charge in [-0.25, -0.2) is 0 Å². The maximum atomic E-state index is 4.17. The Morgan fingerprint density at radius 1 is 1.33 bits per heavy atom. The molecule has 1 atom stereocenters. The molecule has 3 heterocycles. The van der Waals surface area contributed by atoms with Gasteiger partial charge in [0, 0.05) is 18.4 Å². The van der Waals surface area contributed by atoms with Crippen molar-refractivity contribution in [3.63, 3.8) is 0 Å². The number of nitrogens with zero attached hydrogens (tertiary/aromatic N) is 4. The van der Waals surface area contributed by atoms with Crippen molar-refractivity contribution in [1.82, 2.24) is 30.1 Å². The molecule has 92 valence electrons. The third kappa shape index (κ3) is 1.98. The number of aromatic amines is 1. The summed E-state index contributed by atoms with van der Waals surface area (Å²) in [5.41, 5.74) is 1.92. The summed E-state index contributed by atoms with van der Waals surface area (Å²) in [6, 6.07) is 8.02. The number of hydrogen-bond acceptors (Lipinski definition) is 4. The van der Waals surface area contributed by atoms with Gasteiger partial charge in [-0.05, 0) is 25.1 Å². The Morgan fingerprint density at radius 3 is 3.11 bits per heavy atom. The Balaban J connectivity index is 1.73. The molecule has 0 radical (unpaired) electrons. The predicted octanol–water partition coefficient (Wildman–Crippen LogP) is 1.30. The SMILES string of the molecule is CC(NCc1nnc2ccccn12)c1ccn[nH]1. The van der Waals surface area contributed by atoms with Gasteiger partial charge >= 0.3 is 0 Å². The molecule has 2 N–H and O–H groups in total. The van der Waals surface area contributed by atoms with E-state index in [4.69, 9.17) is 0 Å². The van der Waals surface area contributed by atoms with E-state index in [9.17, 15) is 0 Å². The van der Waals surface area contributed by atoms with Crippen LogP contribution >= 0.6 is 0 Å². The Morgan fingerprint density at radius 2 is 2.28 bits per heavy atom. The monoisotopic (exact) mass is 242 g/mol. The van der Waals surface area contributed by atoms with Crippen molar-refractivity contribution in [1.29, 1.82) is 0 Å². The van der Waals surface area contributed by atoms with E-state index in [2.05, 4.69) is 32.6 Å². The van der Waals surface area contributed by atoms with Crippen LogP contribution in [0.15, 0.2) is 36.7 Å². The van der Waals surface area contributed by atoms with Gasteiger partial charge in [0.05, 0.1) is 12.2 Å². The summed E-state index contributed by atoms with van der Waals surface area (Å²) in [5, 5.41) is 18.6. The second-order valence-electron chi connectivity index (χ2n) is 4.16. The lowest BCUT2D eigenvalue weighted by Crippen LogP contribution is -2.20.